The van der Waals surface area contributed by atoms with Gasteiger partial charge in [0.05, 0.1) is 6.61 Å². The quantitative estimate of drug-likeness (QED) is 0.779. The highest BCUT2D eigenvalue weighted by atomic mass is 16.5. The second-order valence-corrected chi connectivity index (χ2v) is 6.88. The fraction of sp³-hybridized carbons (Fsp3) is 0.579. The van der Waals surface area contributed by atoms with Gasteiger partial charge in [-0.05, 0) is 43.8 Å². The third-order valence-electron chi connectivity index (χ3n) is 5.12. The van der Waals surface area contributed by atoms with Gasteiger partial charge in [-0.25, -0.2) is 0 Å². The van der Waals surface area contributed by atoms with Crippen LogP contribution in [0.2, 0.25) is 0 Å². The summed E-state index contributed by atoms with van der Waals surface area (Å²) in [5, 5.41) is 5.44. The molecule has 1 unspecified atom stereocenters. The van der Waals surface area contributed by atoms with E-state index in [0.29, 0.717) is 25.0 Å². The molecule has 2 heterocycles. The Balaban J connectivity index is 1.33. The number of piperidine rings is 1. The van der Waals surface area contributed by atoms with E-state index in [-0.39, 0.29) is 0 Å². The Morgan fingerprint density at radius 3 is 2.44 bits per heavy atom. The summed E-state index contributed by atoms with van der Waals surface area (Å²) >= 11 is 0. The second-order valence-electron chi connectivity index (χ2n) is 6.88. The van der Waals surface area contributed by atoms with Gasteiger partial charge in [0, 0.05) is 25.7 Å². The second kappa shape index (κ2) is 8.97. The molecule has 2 N–H and O–H groups in total. The number of nitrogens with one attached hydrogen (secondary N) is 2. The molecule has 2 aliphatic rings. The van der Waals surface area contributed by atoms with Crippen molar-refractivity contribution in [3.05, 3.63) is 35.9 Å². The van der Waals surface area contributed by atoms with E-state index in [0.717, 1.165) is 51.1 Å². The minimum Gasteiger partial charge on any atom is -0.380 e. The zero-order valence-electron chi connectivity index (χ0n) is 14.6. The molecule has 6 nitrogen and oxygen atoms in total. The first-order valence-corrected chi connectivity index (χ1v) is 9.14. The first-order chi connectivity index (χ1) is 12.2. The van der Waals surface area contributed by atoms with Crippen LogP contribution in [0.15, 0.2) is 30.3 Å². The monoisotopic (exact) mass is 345 g/mol. The maximum atomic E-state index is 11.9. The molecule has 0 bridgehead atoms. The van der Waals surface area contributed by atoms with Crippen LogP contribution in [-0.4, -0.2) is 55.6 Å². The van der Waals surface area contributed by atoms with Gasteiger partial charge in [-0.3, -0.25) is 14.5 Å². The van der Waals surface area contributed by atoms with Crippen LogP contribution in [0.4, 0.5) is 0 Å². The number of rotatable bonds is 5. The van der Waals surface area contributed by atoms with Crippen molar-refractivity contribution >= 4 is 11.8 Å². The SMILES string of the molecule is O=C(NCc1ccccc1)C(=O)NCC1CCN(C2CCOC2)CC1. The maximum Gasteiger partial charge on any atom is 0.309 e. The molecule has 2 saturated heterocycles. The molecule has 1 atom stereocenters. The van der Waals surface area contributed by atoms with Crippen LogP contribution in [-0.2, 0) is 20.9 Å². The number of carbonyl (C=O) groups excluding carboxylic acids is 2. The lowest BCUT2D eigenvalue weighted by Gasteiger charge is -2.35. The van der Waals surface area contributed by atoms with Gasteiger partial charge < -0.3 is 15.4 Å². The standard InChI is InChI=1S/C19H27N3O3/c23-18(20-12-15-4-2-1-3-5-15)19(24)21-13-16-6-9-22(10-7-16)17-8-11-25-14-17/h1-5,16-17H,6-14H2,(H,20,23)(H,21,24). The Hall–Kier alpha value is -1.92. The van der Waals surface area contributed by atoms with Gasteiger partial charge in [0.2, 0.25) is 0 Å². The van der Waals surface area contributed by atoms with Gasteiger partial charge in [0.25, 0.3) is 0 Å². The molecular weight excluding hydrogens is 318 g/mol. The minimum atomic E-state index is -0.565. The van der Waals surface area contributed by atoms with Gasteiger partial charge in [-0.2, -0.15) is 0 Å². The normalized spacial score (nSPS) is 21.8. The van der Waals surface area contributed by atoms with Crippen LogP contribution in [0.25, 0.3) is 0 Å². The lowest BCUT2D eigenvalue weighted by atomic mass is 9.95. The van der Waals surface area contributed by atoms with E-state index in [1.165, 1.54) is 0 Å². The predicted molar refractivity (Wildman–Crippen MR) is 94.8 cm³/mol. The fourth-order valence-electron chi connectivity index (χ4n) is 3.51. The van der Waals surface area contributed by atoms with Crippen LogP contribution < -0.4 is 10.6 Å². The Kier molecular flexibility index (Phi) is 6.42. The number of ether oxygens (including phenoxy) is 1. The molecule has 0 aromatic heterocycles. The fourth-order valence-corrected chi connectivity index (χ4v) is 3.51. The van der Waals surface area contributed by atoms with E-state index in [2.05, 4.69) is 15.5 Å². The molecule has 0 spiro atoms. The van der Waals surface area contributed by atoms with E-state index in [9.17, 15) is 9.59 Å². The molecule has 1 aromatic rings. The van der Waals surface area contributed by atoms with Gasteiger partial charge in [0.15, 0.2) is 0 Å². The number of carbonyl (C=O) groups is 2. The third-order valence-corrected chi connectivity index (χ3v) is 5.12. The van der Waals surface area contributed by atoms with Crippen molar-refractivity contribution in [3.8, 4) is 0 Å². The van der Waals surface area contributed by atoms with Crippen LogP contribution in [0.5, 0.6) is 0 Å². The molecule has 2 aliphatic heterocycles. The van der Waals surface area contributed by atoms with Crippen molar-refractivity contribution in [3.63, 3.8) is 0 Å². The van der Waals surface area contributed by atoms with Crippen molar-refractivity contribution in [1.29, 1.82) is 0 Å². The van der Waals surface area contributed by atoms with Gasteiger partial charge in [0.1, 0.15) is 0 Å². The van der Waals surface area contributed by atoms with E-state index in [4.69, 9.17) is 4.74 Å². The van der Waals surface area contributed by atoms with Crippen LogP contribution in [0.1, 0.15) is 24.8 Å². The van der Waals surface area contributed by atoms with Crippen LogP contribution in [0, 0.1) is 5.92 Å². The number of benzene rings is 1. The summed E-state index contributed by atoms with van der Waals surface area (Å²) in [4.78, 5) is 26.3. The van der Waals surface area contributed by atoms with Gasteiger partial charge in [-0.1, -0.05) is 30.3 Å². The summed E-state index contributed by atoms with van der Waals surface area (Å²) < 4.78 is 5.45. The summed E-state index contributed by atoms with van der Waals surface area (Å²) in [6, 6.07) is 10.1. The first-order valence-electron chi connectivity index (χ1n) is 9.14. The highest BCUT2D eigenvalue weighted by molar-refractivity contribution is 6.35. The lowest BCUT2D eigenvalue weighted by Crippen LogP contribution is -2.45. The third kappa shape index (κ3) is 5.28. The average Bonchev–Trinajstić information content (AvgIpc) is 3.20. The highest BCUT2D eigenvalue weighted by Gasteiger charge is 2.28. The molecule has 25 heavy (non-hydrogen) atoms. The molecule has 1 aromatic carbocycles. The van der Waals surface area contributed by atoms with E-state index in [1.54, 1.807) is 0 Å². The molecule has 0 radical (unpaired) electrons. The predicted octanol–water partition coefficient (Wildman–Crippen LogP) is 0.920. The molecule has 3 rings (SSSR count). The smallest absolute Gasteiger partial charge is 0.309 e. The number of nitrogens with zero attached hydrogens (tertiary/aromatic N) is 1. The number of hydrogen-bond acceptors (Lipinski definition) is 4. The number of likely N-dealkylation sites (tertiary alicyclic amines) is 1. The van der Waals surface area contributed by atoms with Crippen molar-refractivity contribution in [2.24, 2.45) is 5.92 Å². The largest absolute Gasteiger partial charge is 0.380 e. The van der Waals surface area contributed by atoms with Crippen molar-refractivity contribution in [2.75, 3.05) is 32.8 Å². The van der Waals surface area contributed by atoms with Crippen LogP contribution >= 0.6 is 0 Å². The average molecular weight is 345 g/mol. The van der Waals surface area contributed by atoms with Crippen LogP contribution in [0.3, 0.4) is 0 Å². The topological polar surface area (TPSA) is 70.7 Å². The molecule has 136 valence electrons. The minimum absolute atomic E-state index is 0.370. The molecule has 0 aliphatic carbocycles. The van der Waals surface area contributed by atoms with E-state index < -0.39 is 11.8 Å². The summed E-state index contributed by atoms with van der Waals surface area (Å²) in [5.74, 6) is -0.656. The summed E-state index contributed by atoms with van der Waals surface area (Å²) in [6.45, 7) is 4.77. The Bertz CT molecular complexity index is 565. The molecule has 0 saturated carbocycles. The zero-order chi connectivity index (χ0) is 17.5. The number of hydrogen-bond donors (Lipinski definition) is 2. The molecule has 6 heteroatoms. The summed E-state index contributed by atoms with van der Waals surface area (Å²) in [6.07, 6.45) is 3.24. The number of amides is 2. The molecular formula is C19H27N3O3. The van der Waals surface area contributed by atoms with Crippen molar-refractivity contribution in [1.82, 2.24) is 15.5 Å². The van der Waals surface area contributed by atoms with Gasteiger partial charge in [-0.15, -0.1) is 0 Å². The van der Waals surface area contributed by atoms with Crippen molar-refractivity contribution in [2.45, 2.75) is 31.8 Å². The molecule has 2 amide bonds. The maximum absolute atomic E-state index is 11.9. The molecule has 2 fully saturated rings. The Labute approximate surface area is 148 Å². The lowest BCUT2D eigenvalue weighted by molar-refractivity contribution is -0.139. The van der Waals surface area contributed by atoms with E-state index in [1.807, 2.05) is 30.3 Å². The first kappa shape index (κ1) is 17.9. The van der Waals surface area contributed by atoms with Crippen molar-refractivity contribution < 1.29 is 14.3 Å². The Morgan fingerprint density at radius 2 is 1.76 bits per heavy atom. The van der Waals surface area contributed by atoms with E-state index >= 15 is 0 Å². The highest BCUT2D eigenvalue weighted by Crippen LogP contribution is 2.21. The Morgan fingerprint density at radius 1 is 1.04 bits per heavy atom. The summed E-state index contributed by atoms with van der Waals surface area (Å²) in [5.41, 5.74) is 0.979. The zero-order valence-corrected chi connectivity index (χ0v) is 14.6. The van der Waals surface area contributed by atoms with Gasteiger partial charge >= 0.3 is 11.8 Å². The summed E-state index contributed by atoms with van der Waals surface area (Å²) in [7, 11) is 0.